The Labute approximate surface area is 160 Å². The van der Waals surface area contributed by atoms with Gasteiger partial charge >= 0.3 is 0 Å². The number of fused-ring (bicyclic) bond motifs is 1. The molecule has 27 heavy (non-hydrogen) atoms. The maximum Gasteiger partial charge on any atom is 0.209 e. The topological polar surface area (TPSA) is 100 Å². The summed E-state index contributed by atoms with van der Waals surface area (Å²) in [5, 5.41) is 18.6. The van der Waals surface area contributed by atoms with Gasteiger partial charge < -0.3 is 9.67 Å². The molecule has 2 heterocycles. The quantitative estimate of drug-likeness (QED) is 0.767. The molecule has 9 heteroatoms. The van der Waals surface area contributed by atoms with E-state index >= 15 is 0 Å². The number of nitrogens with one attached hydrogen (secondary N) is 1. The van der Waals surface area contributed by atoms with E-state index < -0.39 is 16.1 Å². The monoisotopic (exact) mass is 393 g/mol. The Balaban J connectivity index is 1.77. The van der Waals surface area contributed by atoms with E-state index in [0.29, 0.717) is 24.7 Å². The van der Waals surface area contributed by atoms with Gasteiger partial charge in [-0.05, 0) is 12.0 Å². The van der Waals surface area contributed by atoms with Crippen LogP contribution in [0.5, 0.6) is 5.75 Å². The van der Waals surface area contributed by atoms with Gasteiger partial charge in [-0.15, -0.1) is 10.2 Å². The lowest BCUT2D eigenvalue weighted by molar-refractivity contribution is 0.265. The molecular weight excluding hydrogens is 366 g/mol. The maximum atomic E-state index is 11.8. The van der Waals surface area contributed by atoms with Gasteiger partial charge in [0.15, 0.2) is 5.82 Å². The van der Waals surface area contributed by atoms with Crippen LogP contribution in [0.3, 0.4) is 0 Å². The molecular formula is C18H27N5O3S. The molecule has 0 spiro atoms. The average Bonchev–Trinajstić information content (AvgIpc) is 2.88. The van der Waals surface area contributed by atoms with Crippen molar-refractivity contribution in [2.24, 2.45) is 5.92 Å². The largest absolute Gasteiger partial charge is 0.508 e. The summed E-state index contributed by atoms with van der Waals surface area (Å²) in [5.41, 5.74) is 0.897. The highest BCUT2D eigenvalue weighted by Crippen LogP contribution is 2.24. The van der Waals surface area contributed by atoms with E-state index in [-0.39, 0.29) is 5.92 Å². The first-order chi connectivity index (χ1) is 12.7. The van der Waals surface area contributed by atoms with Crippen LogP contribution >= 0.6 is 0 Å². The van der Waals surface area contributed by atoms with Crippen molar-refractivity contribution < 1.29 is 13.5 Å². The summed E-state index contributed by atoms with van der Waals surface area (Å²) in [6, 6.07) is 6.95. The van der Waals surface area contributed by atoms with E-state index in [1.54, 1.807) is 6.07 Å². The van der Waals surface area contributed by atoms with Crippen molar-refractivity contribution in [1.82, 2.24) is 24.4 Å². The molecule has 2 aromatic rings. The second-order valence-corrected chi connectivity index (χ2v) is 9.17. The lowest BCUT2D eigenvalue weighted by atomic mass is 10.1. The van der Waals surface area contributed by atoms with Gasteiger partial charge in [-0.2, -0.15) is 0 Å². The molecule has 0 bridgehead atoms. The summed E-state index contributed by atoms with van der Waals surface area (Å²) >= 11 is 0. The molecule has 1 aliphatic heterocycles. The summed E-state index contributed by atoms with van der Waals surface area (Å²) in [5.74, 6) is 1.88. The lowest BCUT2D eigenvalue weighted by Crippen LogP contribution is -2.33. The standard InChI is InChI=1S/C18H27N5O3S/c1-13(2)17(21-27(3,25)26)18-20-19-16-8-9-22(10-11-23(16)18)12-14-6-4-5-7-15(14)24/h4-7,13,17,21,24H,8-12H2,1-3H3/t17-/m0/s1. The SMILES string of the molecule is CC(C)[C@H](NS(C)(=O)=O)c1nnc2n1CCN(Cc1ccccc1O)CC2. The van der Waals surface area contributed by atoms with Crippen LogP contribution in [0.2, 0.25) is 0 Å². The van der Waals surface area contributed by atoms with Crippen molar-refractivity contribution in [1.29, 1.82) is 0 Å². The molecule has 0 saturated heterocycles. The smallest absolute Gasteiger partial charge is 0.209 e. The summed E-state index contributed by atoms with van der Waals surface area (Å²) in [4.78, 5) is 2.27. The van der Waals surface area contributed by atoms with Crippen LogP contribution in [0, 0.1) is 5.92 Å². The van der Waals surface area contributed by atoms with Crippen molar-refractivity contribution in [3.8, 4) is 5.75 Å². The number of hydrogen-bond donors (Lipinski definition) is 2. The summed E-state index contributed by atoms with van der Waals surface area (Å²) < 4.78 is 28.3. The number of aromatic nitrogens is 3. The van der Waals surface area contributed by atoms with Crippen LogP contribution in [0.1, 0.15) is 37.1 Å². The number of nitrogens with zero attached hydrogens (tertiary/aromatic N) is 4. The second-order valence-electron chi connectivity index (χ2n) is 7.39. The second kappa shape index (κ2) is 7.95. The van der Waals surface area contributed by atoms with Crippen LogP contribution in [-0.4, -0.2) is 52.5 Å². The van der Waals surface area contributed by atoms with E-state index in [9.17, 15) is 13.5 Å². The van der Waals surface area contributed by atoms with E-state index in [1.807, 2.05) is 36.6 Å². The number of hydrogen-bond acceptors (Lipinski definition) is 6. The van der Waals surface area contributed by atoms with Crippen LogP contribution < -0.4 is 4.72 Å². The van der Waals surface area contributed by atoms with Gasteiger partial charge in [0.1, 0.15) is 11.6 Å². The molecule has 1 aromatic heterocycles. The third-order valence-electron chi connectivity index (χ3n) is 4.82. The Hall–Kier alpha value is -1.97. The summed E-state index contributed by atoms with van der Waals surface area (Å²) in [6.45, 7) is 6.85. The van der Waals surface area contributed by atoms with E-state index in [0.717, 1.165) is 37.2 Å². The van der Waals surface area contributed by atoms with Crippen molar-refractivity contribution in [2.75, 3.05) is 19.3 Å². The van der Waals surface area contributed by atoms with Gasteiger partial charge in [0.25, 0.3) is 0 Å². The first-order valence-corrected chi connectivity index (χ1v) is 11.0. The normalized spacial score (nSPS) is 16.9. The molecule has 1 aliphatic rings. The molecule has 0 radical (unpaired) electrons. The van der Waals surface area contributed by atoms with Crippen molar-refractivity contribution in [2.45, 2.75) is 39.4 Å². The zero-order valence-electron chi connectivity index (χ0n) is 16.0. The third-order valence-corrected chi connectivity index (χ3v) is 5.50. The molecule has 8 nitrogen and oxygen atoms in total. The average molecular weight is 394 g/mol. The van der Waals surface area contributed by atoms with E-state index in [4.69, 9.17) is 0 Å². The number of phenols is 1. The fourth-order valence-electron chi connectivity index (χ4n) is 3.38. The lowest BCUT2D eigenvalue weighted by Gasteiger charge is -2.22. The molecule has 1 aromatic carbocycles. The zero-order valence-corrected chi connectivity index (χ0v) is 16.8. The fourth-order valence-corrected chi connectivity index (χ4v) is 4.22. The predicted octanol–water partition coefficient (Wildman–Crippen LogP) is 1.29. The molecule has 0 unspecified atom stereocenters. The molecule has 0 amide bonds. The Morgan fingerprint density at radius 3 is 2.59 bits per heavy atom. The molecule has 2 N–H and O–H groups in total. The Morgan fingerprint density at radius 1 is 1.19 bits per heavy atom. The number of aromatic hydroxyl groups is 1. The molecule has 3 rings (SSSR count). The molecule has 0 saturated carbocycles. The van der Waals surface area contributed by atoms with Crippen molar-refractivity contribution >= 4 is 10.0 Å². The van der Waals surface area contributed by atoms with Crippen LogP contribution in [0.15, 0.2) is 24.3 Å². The van der Waals surface area contributed by atoms with Crippen molar-refractivity contribution in [3.05, 3.63) is 41.5 Å². The summed E-state index contributed by atoms with van der Waals surface area (Å²) in [7, 11) is -3.36. The number of para-hydroxylation sites is 1. The number of benzene rings is 1. The zero-order chi connectivity index (χ0) is 19.6. The Kier molecular flexibility index (Phi) is 5.83. The first-order valence-electron chi connectivity index (χ1n) is 9.13. The Bertz CT molecular complexity index is 894. The van der Waals surface area contributed by atoms with Crippen LogP contribution in [0.4, 0.5) is 0 Å². The minimum atomic E-state index is -3.36. The van der Waals surface area contributed by atoms with Crippen molar-refractivity contribution in [3.63, 3.8) is 0 Å². The maximum absolute atomic E-state index is 11.8. The van der Waals surface area contributed by atoms with E-state index in [2.05, 4.69) is 19.8 Å². The van der Waals surface area contributed by atoms with E-state index in [1.165, 1.54) is 0 Å². The Morgan fingerprint density at radius 2 is 1.93 bits per heavy atom. The predicted molar refractivity (Wildman–Crippen MR) is 103 cm³/mol. The van der Waals surface area contributed by atoms with Gasteiger partial charge in [0.05, 0.1) is 12.3 Å². The van der Waals surface area contributed by atoms with Gasteiger partial charge in [0, 0.05) is 38.2 Å². The van der Waals surface area contributed by atoms with Gasteiger partial charge in [-0.25, -0.2) is 13.1 Å². The highest BCUT2D eigenvalue weighted by molar-refractivity contribution is 7.88. The van der Waals surface area contributed by atoms with Gasteiger partial charge in [0.2, 0.25) is 10.0 Å². The first kappa shape index (κ1) is 19.8. The van der Waals surface area contributed by atoms with Crippen LogP contribution in [-0.2, 0) is 29.5 Å². The fraction of sp³-hybridized carbons (Fsp3) is 0.556. The molecule has 0 aliphatic carbocycles. The highest BCUT2D eigenvalue weighted by atomic mass is 32.2. The molecule has 148 valence electrons. The third kappa shape index (κ3) is 4.85. The number of rotatable bonds is 6. The number of phenolic OH excluding ortho intramolecular Hbond substituents is 1. The highest BCUT2D eigenvalue weighted by Gasteiger charge is 2.28. The van der Waals surface area contributed by atoms with Gasteiger partial charge in [-0.1, -0.05) is 32.0 Å². The summed E-state index contributed by atoms with van der Waals surface area (Å²) in [6.07, 6.45) is 1.89. The molecule has 1 atom stereocenters. The van der Waals surface area contributed by atoms with Crippen LogP contribution in [0.25, 0.3) is 0 Å². The number of sulfonamides is 1. The minimum absolute atomic E-state index is 0.0497. The van der Waals surface area contributed by atoms with Gasteiger partial charge in [-0.3, -0.25) is 4.90 Å². The molecule has 0 fully saturated rings. The minimum Gasteiger partial charge on any atom is -0.508 e.